The summed E-state index contributed by atoms with van der Waals surface area (Å²) < 4.78 is 0. The van der Waals surface area contributed by atoms with E-state index in [2.05, 4.69) is 56.7 Å². The Bertz CT molecular complexity index is 1010. The predicted molar refractivity (Wildman–Crippen MR) is 116 cm³/mol. The van der Waals surface area contributed by atoms with Gasteiger partial charge in [0.05, 0.1) is 5.56 Å². The molecule has 0 saturated carbocycles. The van der Waals surface area contributed by atoms with Crippen molar-refractivity contribution < 1.29 is 9.59 Å². The van der Waals surface area contributed by atoms with Crippen LogP contribution in [0.1, 0.15) is 57.8 Å². The fraction of sp³-hybridized carbons (Fsp3) is 0.429. The molecule has 1 aliphatic rings. The predicted octanol–water partition coefficient (Wildman–Crippen LogP) is 3.72. The summed E-state index contributed by atoms with van der Waals surface area (Å²) in [6.45, 7) is 10.3. The third-order valence-corrected chi connectivity index (χ3v) is 5.18. The molecule has 3 N–H and O–H groups in total. The summed E-state index contributed by atoms with van der Waals surface area (Å²) in [4.78, 5) is 41.6. The van der Waals surface area contributed by atoms with Crippen LogP contribution in [0.25, 0.3) is 0 Å². The van der Waals surface area contributed by atoms with Gasteiger partial charge in [-0.2, -0.15) is 4.98 Å². The number of nitrogens with zero attached hydrogens (tertiary/aromatic N) is 4. The molecule has 3 rings (SSSR count). The molecular formula is C21H27N7O2. The fourth-order valence-electron chi connectivity index (χ4n) is 2.87. The van der Waals surface area contributed by atoms with Crippen LogP contribution in [0.15, 0.2) is 29.6 Å². The van der Waals surface area contributed by atoms with Crippen LogP contribution >= 0.6 is 0 Å². The largest absolute Gasteiger partial charge is 0.354 e. The zero-order chi connectivity index (χ0) is 21.9. The number of hydrogen-bond acceptors (Lipinski definition) is 8. The number of allylic oxidation sites excluding steroid dienone is 2. The summed E-state index contributed by atoms with van der Waals surface area (Å²) in [6, 6.07) is 3.30. The Hall–Kier alpha value is -3.36. The first-order valence-corrected chi connectivity index (χ1v) is 9.88. The maximum absolute atomic E-state index is 12.5. The lowest BCUT2D eigenvalue weighted by Gasteiger charge is -2.28. The van der Waals surface area contributed by atoms with Crippen LogP contribution in [-0.2, 0) is 4.79 Å². The van der Waals surface area contributed by atoms with Crippen LogP contribution < -0.4 is 16.0 Å². The molecule has 2 aromatic heterocycles. The van der Waals surface area contributed by atoms with Crippen molar-refractivity contribution in [1.82, 2.24) is 19.9 Å². The van der Waals surface area contributed by atoms with Crippen LogP contribution in [0.3, 0.4) is 0 Å². The third-order valence-electron chi connectivity index (χ3n) is 5.18. The van der Waals surface area contributed by atoms with Gasteiger partial charge in [0.2, 0.25) is 17.8 Å². The van der Waals surface area contributed by atoms with Crippen molar-refractivity contribution in [2.75, 3.05) is 22.5 Å². The van der Waals surface area contributed by atoms with E-state index in [1.165, 1.54) is 17.5 Å². The van der Waals surface area contributed by atoms with E-state index < -0.39 is 5.41 Å². The Kier molecular flexibility index (Phi) is 6.09. The molecule has 1 amide bonds. The second-order valence-corrected chi connectivity index (χ2v) is 8.07. The first kappa shape index (κ1) is 21.4. The van der Waals surface area contributed by atoms with E-state index in [1.807, 2.05) is 0 Å². The average molecular weight is 409 g/mol. The van der Waals surface area contributed by atoms with Crippen LogP contribution in [0.2, 0.25) is 0 Å². The highest BCUT2D eigenvalue weighted by Crippen LogP contribution is 2.33. The Morgan fingerprint density at radius 2 is 1.80 bits per heavy atom. The average Bonchev–Trinajstić information content (AvgIpc) is 2.70. The lowest BCUT2D eigenvalue weighted by molar-refractivity contribution is -0.122. The first-order valence-electron chi connectivity index (χ1n) is 9.88. The summed E-state index contributed by atoms with van der Waals surface area (Å²) in [5, 5.41) is 8.86. The van der Waals surface area contributed by atoms with Gasteiger partial charge in [0.15, 0.2) is 5.78 Å². The second-order valence-electron chi connectivity index (χ2n) is 8.07. The lowest BCUT2D eigenvalue weighted by atomic mass is 9.81. The summed E-state index contributed by atoms with van der Waals surface area (Å²) in [7, 11) is 0. The van der Waals surface area contributed by atoms with Gasteiger partial charge >= 0.3 is 0 Å². The molecule has 158 valence electrons. The van der Waals surface area contributed by atoms with Crippen molar-refractivity contribution >= 4 is 35.2 Å². The van der Waals surface area contributed by atoms with Gasteiger partial charge in [-0.1, -0.05) is 11.1 Å². The smallest absolute Gasteiger partial charge is 0.239 e. The van der Waals surface area contributed by atoms with Crippen molar-refractivity contribution in [2.45, 2.75) is 47.5 Å². The van der Waals surface area contributed by atoms with Crippen LogP contribution in [0.5, 0.6) is 0 Å². The van der Waals surface area contributed by atoms with E-state index in [0.717, 1.165) is 19.4 Å². The van der Waals surface area contributed by atoms with E-state index in [4.69, 9.17) is 0 Å². The number of carbonyl (C=O) groups excluding carboxylic acids is 2. The maximum atomic E-state index is 12.5. The van der Waals surface area contributed by atoms with E-state index in [1.54, 1.807) is 26.0 Å². The Morgan fingerprint density at radius 1 is 1.07 bits per heavy atom. The number of fused-ring (bicyclic) bond motifs is 1. The third kappa shape index (κ3) is 4.61. The summed E-state index contributed by atoms with van der Waals surface area (Å²) in [5.74, 6) is 0.795. The van der Waals surface area contributed by atoms with Gasteiger partial charge in [-0.05, 0) is 59.6 Å². The van der Waals surface area contributed by atoms with Gasteiger partial charge in [0.1, 0.15) is 23.4 Å². The van der Waals surface area contributed by atoms with Crippen molar-refractivity contribution in [1.29, 1.82) is 0 Å². The zero-order valence-electron chi connectivity index (χ0n) is 18.0. The van der Waals surface area contributed by atoms with Crippen LogP contribution in [-0.4, -0.2) is 38.2 Å². The maximum Gasteiger partial charge on any atom is 0.239 e. The van der Waals surface area contributed by atoms with Crippen LogP contribution in [0.4, 0.5) is 23.5 Å². The lowest BCUT2D eigenvalue weighted by Crippen LogP contribution is -2.42. The molecule has 0 aliphatic carbocycles. The topological polar surface area (TPSA) is 122 Å². The number of carbonyl (C=O) groups is 2. The Morgan fingerprint density at radius 3 is 2.53 bits per heavy atom. The molecule has 0 aromatic carbocycles. The molecule has 3 heterocycles. The van der Waals surface area contributed by atoms with Crippen molar-refractivity contribution in [3.63, 3.8) is 0 Å². The molecular weight excluding hydrogens is 382 g/mol. The first-order chi connectivity index (χ1) is 14.2. The van der Waals surface area contributed by atoms with Gasteiger partial charge in [0, 0.05) is 6.54 Å². The Labute approximate surface area is 175 Å². The summed E-state index contributed by atoms with van der Waals surface area (Å²) in [6.07, 6.45) is 3.40. The molecule has 0 saturated heterocycles. The van der Waals surface area contributed by atoms with Crippen molar-refractivity contribution in [2.24, 2.45) is 5.41 Å². The molecule has 9 nitrogen and oxygen atoms in total. The van der Waals surface area contributed by atoms with E-state index in [9.17, 15) is 9.59 Å². The molecule has 0 unspecified atom stereocenters. The standard InChI is InChI=1S/C21H27N7O2/c1-12(2)13(3)7-6-10-22-19-23-11-24-20(28-19)26-15-9-8-14-16(29)21(4,5)18(30)27-17(14)25-15/h8-9,11H,6-7,10H2,1-5H3,(H3,22,23,24,25,26,27,28,30). The number of anilines is 4. The van der Waals surface area contributed by atoms with E-state index >= 15 is 0 Å². The molecule has 30 heavy (non-hydrogen) atoms. The van der Waals surface area contributed by atoms with Gasteiger partial charge in [-0.3, -0.25) is 9.59 Å². The minimum absolute atomic E-state index is 0.233. The molecule has 0 bridgehead atoms. The molecule has 2 aromatic rings. The van der Waals surface area contributed by atoms with E-state index in [0.29, 0.717) is 23.3 Å². The molecule has 0 radical (unpaired) electrons. The zero-order valence-corrected chi connectivity index (χ0v) is 18.0. The van der Waals surface area contributed by atoms with Crippen LogP contribution in [0, 0.1) is 5.41 Å². The number of nitrogens with one attached hydrogen (secondary N) is 3. The number of aromatic nitrogens is 4. The number of Topliss-reactive ketones (excluding diaryl/α,β-unsaturated/α-hetero) is 1. The van der Waals surface area contributed by atoms with E-state index in [-0.39, 0.29) is 17.5 Å². The minimum atomic E-state index is -1.11. The molecule has 0 fully saturated rings. The number of rotatable bonds is 7. The van der Waals surface area contributed by atoms with Gasteiger partial charge in [-0.25, -0.2) is 15.0 Å². The number of pyridine rings is 1. The van der Waals surface area contributed by atoms with Crippen molar-refractivity contribution in [3.05, 3.63) is 35.2 Å². The van der Waals surface area contributed by atoms with Gasteiger partial charge < -0.3 is 16.0 Å². The second kappa shape index (κ2) is 8.56. The fourth-order valence-corrected chi connectivity index (χ4v) is 2.87. The number of hydrogen-bond donors (Lipinski definition) is 3. The quantitative estimate of drug-likeness (QED) is 0.359. The highest BCUT2D eigenvalue weighted by atomic mass is 16.2. The highest BCUT2D eigenvalue weighted by molar-refractivity contribution is 6.22. The number of amides is 1. The Balaban J connectivity index is 1.66. The summed E-state index contributed by atoms with van der Waals surface area (Å²) in [5.41, 5.74) is 2.01. The molecule has 0 atom stereocenters. The van der Waals surface area contributed by atoms with Gasteiger partial charge in [-0.15, -0.1) is 0 Å². The molecule has 9 heteroatoms. The molecule has 1 aliphatic heterocycles. The monoisotopic (exact) mass is 409 g/mol. The number of ketones is 1. The summed E-state index contributed by atoms with van der Waals surface area (Å²) >= 11 is 0. The van der Waals surface area contributed by atoms with Crippen molar-refractivity contribution in [3.8, 4) is 0 Å². The minimum Gasteiger partial charge on any atom is -0.354 e. The normalized spacial score (nSPS) is 14.6. The molecule has 0 spiro atoms. The van der Waals surface area contributed by atoms with Gasteiger partial charge in [0.25, 0.3) is 0 Å². The highest BCUT2D eigenvalue weighted by Gasteiger charge is 2.42. The SMILES string of the molecule is CC(C)=C(C)CCCNc1ncnc(Nc2ccc3c(n2)NC(=O)C(C)(C)C3=O)n1.